The van der Waals surface area contributed by atoms with E-state index in [1.807, 2.05) is 0 Å². The molecular weight excluding hydrogens is 367 g/mol. The molecule has 8 heteroatoms. The number of hydrogen-bond acceptors (Lipinski definition) is 5. The summed E-state index contributed by atoms with van der Waals surface area (Å²) in [5.74, 6) is -0.443. The smallest absolute Gasteiger partial charge is 0.303 e. The number of halogens is 1. The van der Waals surface area contributed by atoms with Crippen molar-refractivity contribution >= 4 is 5.97 Å². The lowest BCUT2D eigenvalue weighted by Crippen LogP contribution is -3.10. The lowest BCUT2D eigenvalue weighted by molar-refractivity contribution is -0.869. The van der Waals surface area contributed by atoms with Crippen LogP contribution in [0.4, 0.5) is 4.39 Å². The van der Waals surface area contributed by atoms with E-state index < -0.39 is 5.97 Å². The number of hydrogen-bond donors (Lipinski definition) is 3. The van der Waals surface area contributed by atoms with Gasteiger partial charge in [0, 0.05) is 12.8 Å². The lowest BCUT2D eigenvalue weighted by atomic mass is 9.97. The summed E-state index contributed by atoms with van der Waals surface area (Å²) in [6, 6.07) is 5.59. The van der Waals surface area contributed by atoms with Crippen LogP contribution in [0.15, 0.2) is 24.3 Å². The second-order valence-corrected chi connectivity index (χ2v) is 7.38. The number of quaternary nitrogens is 1. The Morgan fingerprint density at radius 3 is 2.54 bits per heavy atom. The van der Waals surface area contributed by atoms with Crippen LogP contribution in [0, 0.1) is 11.0 Å². The Bertz CT molecular complexity index is 586. The van der Waals surface area contributed by atoms with E-state index in [4.69, 9.17) is 9.84 Å². The van der Waals surface area contributed by atoms with Crippen molar-refractivity contribution in [1.82, 2.24) is 5.06 Å². The summed E-state index contributed by atoms with van der Waals surface area (Å²) in [5.41, 5.74) is 0. The third-order valence-electron chi connectivity index (χ3n) is 5.21. The molecule has 1 saturated heterocycles. The summed E-state index contributed by atoms with van der Waals surface area (Å²) in [7, 11) is 0. The SMILES string of the molecule is O=C(O)CCCCCCC1C(CCCCOc2ccc(F)cc2)N(O)C[NH+]1[O-]. The molecule has 1 aliphatic heterocycles. The highest BCUT2D eigenvalue weighted by Crippen LogP contribution is 2.19. The minimum absolute atomic E-state index is 0.0838. The van der Waals surface area contributed by atoms with Gasteiger partial charge in [-0.15, -0.1) is 5.06 Å². The molecule has 1 fully saturated rings. The van der Waals surface area contributed by atoms with Gasteiger partial charge in [-0.2, -0.15) is 0 Å². The van der Waals surface area contributed by atoms with Crippen LogP contribution in [0.5, 0.6) is 5.75 Å². The standard InChI is InChI=1S/C20H31FN2O5/c21-16-10-12-17(13-11-16)28-14-6-5-8-19-18(22(26)15-23(19)27)7-3-1-2-4-9-20(24)25/h10-13,18-19,22,27H,1-9,14-15H2,(H,24,25). The number of aliphatic carboxylic acids is 1. The Hall–Kier alpha value is -1.74. The number of carboxylic acids is 1. The van der Waals surface area contributed by atoms with Gasteiger partial charge in [0.15, 0.2) is 6.67 Å². The van der Waals surface area contributed by atoms with Crippen LogP contribution in [0.2, 0.25) is 0 Å². The molecule has 7 nitrogen and oxygen atoms in total. The minimum Gasteiger partial charge on any atom is -0.633 e. The first-order chi connectivity index (χ1) is 13.5. The van der Waals surface area contributed by atoms with Gasteiger partial charge in [0.05, 0.1) is 12.6 Å². The van der Waals surface area contributed by atoms with Gasteiger partial charge in [0.2, 0.25) is 0 Å². The minimum atomic E-state index is -0.773. The van der Waals surface area contributed by atoms with Gasteiger partial charge in [0.25, 0.3) is 0 Å². The molecule has 0 spiro atoms. The predicted octanol–water partition coefficient (Wildman–Crippen LogP) is 2.58. The largest absolute Gasteiger partial charge is 0.633 e. The number of unbranched alkanes of at least 4 members (excludes halogenated alkanes) is 4. The molecule has 3 N–H and O–H groups in total. The molecule has 0 radical (unpaired) electrons. The Kier molecular flexibility index (Phi) is 9.63. The fourth-order valence-electron chi connectivity index (χ4n) is 3.69. The molecule has 0 saturated carbocycles. The topological polar surface area (TPSA) is 97.5 Å². The highest BCUT2D eigenvalue weighted by molar-refractivity contribution is 5.66. The number of nitrogens with one attached hydrogen (secondary N) is 1. The van der Waals surface area contributed by atoms with E-state index in [1.54, 1.807) is 12.1 Å². The van der Waals surface area contributed by atoms with Gasteiger partial charge in [-0.3, -0.25) is 4.79 Å². The summed E-state index contributed by atoms with van der Waals surface area (Å²) in [5, 5.41) is 32.1. The maximum absolute atomic E-state index is 12.9. The zero-order chi connectivity index (χ0) is 20.4. The predicted molar refractivity (Wildman–Crippen MR) is 101 cm³/mol. The maximum atomic E-state index is 12.9. The fraction of sp³-hybridized carbons (Fsp3) is 0.650. The number of hydroxylamine groups is 4. The van der Waals surface area contributed by atoms with Gasteiger partial charge < -0.3 is 25.3 Å². The van der Waals surface area contributed by atoms with E-state index in [2.05, 4.69) is 0 Å². The van der Waals surface area contributed by atoms with Gasteiger partial charge in [-0.05, 0) is 56.4 Å². The molecule has 1 aliphatic rings. The van der Waals surface area contributed by atoms with Crippen LogP contribution in [0.1, 0.15) is 57.8 Å². The van der Waals surface area contributed by atoms with E-state index >= 15 is 0 Å². The summed E-state index contributed by atoms with van der Waals surface area (Å²) in [4.78, 5) is 10.5. The van der Waals surface area contributed by atoms with Crippen LogP contribution in [0.3, 0.4) is 0 Å². The second-order valence-electron chi connectivity index (χ2n) is 7.38. The molecule has 0 aliphatic carbocycles. The van der Waals surface area contributed by atoms with Gasteiger partial charge in [-0.25, -0.2) is 4.39 Å². The highest BCUT2D eigenvalue weighted by Gasteiger charge is 2.38. The van der Waals surface area contributed by atoms with Crippen LogP contribution in [0.25, 0.3) is 0 Å². The molecule has 0 bridgehead atoms. The summed E-state index contributed by atoms with van der Waals surface area (Å²) >= 11 is 0. The van der Waals surface area contributed by atoms with Crippen molar-refractivity contribution in [1.29, 1.82) is 0 Å². The lowest BCUT2D eigenvalue weighted by Gasteiger charge is -2.26. The van der Waals surface area contributed by atoms with Crippen molar-refractivity contribution in [3.8, 4) is 5.75 Å². The summed E-state index contributed by atoms with van der Waals surface area (Å²) in [6.45, 7) is 0.590. The van der Waals surface area contributed by atoms with Crippen molar-refractivity contribution in [3.63, 3.8) is 0 Å². The second kappa shape index (κ2) is 12.0. The molecule has 3 unspecified atom stereocenters. The van der Waals surface area contributed by atoms with E-state index in [9.17, 15) is 19.6 Å². The maximum Gasteiger partial charge on any atom is 0.303 e. The van der Waals surface area contributed by atoms with Crippen molar-refractivity contribution in [2.45, 2.75) is 69.9 Å². The first kappa shape index (κ1) is 22.5. The molecule has 0 amide bonds. The molecule has 1 aromatic carbocycles. The molecular formula is C20H31FN2O5. The van der Waals surface area contributed by atoms with Crippen molar-refractivity contribution < 1.29 is 29.3 Å². The quantitative estimate of drug-likeness (QED) is 0.349. The Balaban J connectivity index is 1.63. The molecule has 1 aromatic rings. The van der Waals surface area contributed by atoms with E-state index in [1.165, 1.54) is 12.1 Å². The number of rotatable bonds is 13. The van der Waals surface area contributed by atoms with Crippen LogP contribution in [-0.2, 0) is 4.79 Å². The number of ether oxygens (including phenoxy) is 1. The molecule has 3 atom stereocenters. The molecule has 0 aromatic heterocycles. The van der Waals surface area contributed by atoms with Gasteiger partial charge in [0.1, 0.15) is 17.6 Å². The summed E-state index contributed by atoms with van der Waals surface area (Å²) in [6.07, 6.45) is 6.55. The van der Waals surface area contributed by atoms with Crippen molar-refractivity contribution in [2.75, 3.05) is 13.3 Å². The molecule has 158 valence electrons. The average molecular weight is 398 g/mol. The van der Waals surface area contributed by atoms with Gasteiger partial charge >= 0.3 is 5.97 Å². The third kappa shape index (κ3) is 7.71. The van der Waals surface area contributed by atoms with E-state index in [-0.39, 0.29) is 36.1 Å². The Labute approximate surface area is 165 Å². The first-order valence-electron chi connectivity index (χ1n) is 10.1. The molecule has 28 heavy (non-hydrogen) atoms. The molecule has 2 rings (SSSR count). The number of nitrogens with zero attached hydrogens (tertiary/aromatic N) is 1. The Morgan fingerprint density at radius 2 is 1.82 bits per heavy atom. The first-order valence-corrected chi connectivity index (χ1v) is 10.1. The Morgan fingerprint density at radius 1 is 1.14 bits per heavy atom. The monoisotopic (exact) mass is 398 g/mol. The van der Waals surface area contributed by atoms with E-state index in [0.29, 0.717) is 18.8 Å². The van der Waals surface area contributed by atoms with Gasteiger partial charge in [-0.1, -0.05) is 12.8 Å². The third-order valence-corrected chi connectivity index (χ3v) is 5.21. The normalized spacial score (nSPS) is 22.5. The highest BCUT2D eigenvalue weighted by atomic mass is 19.1. The molecule has 1 heterocycles. The number of carboxylic acid groups (broad SMARTS) is 1. The average Bonchev–Trinajstić information content (AvgIpc) is 2.92. The van der Waals surface area contributed by atoms with Crippen LogP contribution < -0.4 is 9.80 Å². The van der Waals surface area contributed by atoms with Crippen molar-refractivity contribution in [3.05, 3.63) is 35.3 Å². The number of carbonyl (C=O) groups is 1. The fourth-order valence-corrected chi connectivity index (χ4v) is 3.69. The van der Waals surface area contributed by atoms with Crippen molar-refractivity contribution in [2.24, 2.45) is 0 Å². The van der Waals surface area contributed by atoms with Crippen LogP contribution in [-0.4, -0.2) is 46.7 Å². The summed E-state index contributed by atoms with van der Waals surface area (Å²) < 4.78 is 18.4. The van der Waals surface area contributed by atoms with Crippen LogP contribution >= 0.6 is 0 Å². The number of benzene rings is 1. The zero-order valence-electron chi connectivity index (χ0n) is 16.2. The van der Waals surface area contributed by atoms with E-state index in [0.717, 1.165) is 50.0 Å². The zero-order valence-corrected chi connectivity index (χ0v) is 16.2.